The highest BCUT2D eigenvalue weighted by molar-refractivity contribution is 5.97. The molecule has 5 nitrogen and oxygen atoms in total. The number of nitriles is 1. The molecule has 5 heteroatoms. The first-order chi connectivity index (χ1) is 10.8. The van der Waals surface area contributed by atoms with E-state index in [1.165, 1.54) is 13.0 Å². The third-order valence-corrected chi connectivity index (χ3v) is 3.63. The fourth-order valence-electron chi connectivity index (χ4n) is 2.49. The highest BCUT2D eigenvalue weighted by atomic mass is 16.4. The van der Waals surface area contributed by atoms with E-state index in [-0.39, 0.29) is 11.4 Å². The van der Waals surface area contributed by atoms with Crippen molar-refractivity contribution in [3.8, 4) is 11.8 Å². The Kier molecular flexibility index (Phi) is 4.47. The highest BCUT2D eigenvalue weighted by Gasteiger charge is 2.13. The molecule has 2 rings (SSSR count). The molecule has 0 atom stereocenters. The number of aryl methyl sites for hydroxylation is 1. The minimum absolute atomic E-state index is 0.0212. The minimum atomic E-state index is -1.25. The van der Waals surface area contributed by atoms with Crippen LogP contribution in [0.4, 0.5) is 0 Å². The molecule has 0 spiro atoms. The van der Waals surface area contributed by atoms with Crippen molar-refractivity contribution in [3.63, 3.8) is 0 Å². The summed E-state index contributed by atoms with van der Waals surface area (Å²) in [4.78, 5) is 22.5. The van der Waals surface area contributed by atoms with Gasteiger partial charge in [0.15, 0.2) is 5.78 Å². The van der Waals surface area contributed by atoms with Gasteiger partial charge in [-0.2, -0.15) is 5.26 Å². The number of carboxylic acids is 1. The van der Waals surface area contributed by atoms with Crippen LogP contribution in [0.1, 0.15) is 34.2 Å². The lowest BCUT2D eigenvalue weighted by Crippen LogP contribution is -2.02. The summed E-state index contributed by atoms with van der Waals surface area (Å²) < 4.78 is 1.93. The van der Waals surface area contributed by atoms with Crippen LogP contribution >= 0.6 is 0 Å². The van der Waals surface area contributed by atoms with E-state index in [4.69, 9.17) is 10.4 Å². The van der Waals surface area contributed by atoms with E-state index in [1.807, 2.05) is 30.5 Å². The number of carboxylic acid groups (broad SMARTS) is 1. The lowest BCUT2D eigenvalue weighted by Gasteiger charge is -2.10. The van der Waals surface area contributed by atoms with Crippen molar-refractivity contribution in [2.75, 3.05) is 0 Å². The zero-order chi connectivity index (χ0) is 17.1. The number of benzene rings is 1. The Balaban J connectivity index is 2.59. The number of aromatic nitrogens is 1. The lowest BCUT2D eigenvalue weighted by atomic mass is 10.1. The standard InChI is InChI=1S/C18H16N2O3/c1-11-7-15(8-16(10-19)18(22)23)12(2)20(11)17-6-4-5-14(9-17)13(3)21/h4-9H,1-3H3,(H,22,23). The van der Waals surface area contributed by atoms with E-state index in [0.29, 0.717) is 11.1 Å². The van der Waals surface area contributed by atoms with Crippen LogP contribution in [0.15, 0.2) is 35.9 Å². The first-order valence-corrected chi connectivity index (χ1v) is 7.00. The van der Waals surface area contributed by atoms with Crippen LogP contribution in [-0.4, -0.2) is 21.4 Å². The molecule has 1 aromatic heterocycles. The average molecular weight is 308 g/mol. The van der Waals surface area contributed by atoms with Gasteiger partial charge in [0.25, 0.3) is 0 Å². The molecule has 0 bridgehead atoms. The summed E-state index contributed by atoms with van der Waals surface area (Å²) in [5.74, 6) is -1.28. The van der Waals surface area contributed by atoms with Gasteiger partial charge in [-0.3, -0.25) is 4.79 Å². The first-order valence-electron chi connectivity index (χ1n) is 7.00. The molecule has 0 amide bonds. The summed E-state index contributed by atoms with van der Waals surface area (Å²) in [6.45, 7) is 5.24. The predicted molar refractivity (Wildman–Crippen MR) is 86.5 cm³/mol. The van der Waals surface area contributed by atoms with Gasteiger partial charge in [0.05, 0.1) is 0 Å². The van der Waals surface area contributed by atoms with E-state index in [0.717, 1.165) is 17.1 Å². The summed E-state index contributed by atoms with van der Waals surface area (Å²) in [6, 6.07) is 10.7. The predicted octanol–water partition coefficient (Wildman–Crippen LogP) is 3.29. The van der Waals surface area contributed by atoms with Gasteiger partial charge in [0, 0.05) is 22.6 Å². The Morgan fingerprint density at radius 3 is 2.52 bits per heavy atom. The topological polar surface area (TPSA) is 83.1 Å². The molecule has 0 unspecified atom stereocenters. The third kappa shape index (κ3) is 3.22. The zero-order valence-corrected chi connectivity index (χ0v) is 13.1. The van der Waals surface area contributed by atoms with Crippen molar-refractivity contribution in [1.82, 2.24) is 4.57 Å². The summed E-state index contributed by atoms with van der Waals surface area (Å²) in [7, 11) is 0. The van der Waals surface area contributed by atoms with Gasteiger partial charge in [-0.1, -0.05) is 12.1 Å². The van der Waals surface area contributed by atoms with Crippen molar-refractivity contribution in [3.05, 3.63) is 58.4 Å². The highest BCUT2D eigenvalue weighted by Crippen LogP contribution is 2.23. The molecule has 0 aliphatic carbocycles. The molecule has 23 heavy (non-hydrogen) atoms. The average Bonchev–Trinajstić information content (AvgIpc) is 2.78. The van der Waals surface area contributed by atoms with Crippen LogP contribution in [0.25, 0.3) is 11.8 Å². The van der Waals surface area contributed by atoms with Crippen LogP contribution in [0.3, 0.4) is 0 Å². The van der Waals surface area contributed by atoms with Gasteiger partial charge in [-0.25, -0.2) is 4.79 Å². The number of ketones is 1. The summed E-state index contributed by atoms with van der Waals surface area (Å²) in [6.07, 6.45) is 1.36. The second kappa shape index (κ2) is 6.32. The molecule has 116 valence electrons. The summed E-state index contributed by atoms with van der Waals surface area (Å²) in [5, 5.41) is 17.9. The number of carbonyl (C=O) groups excluding carboxylic acids is 1. The van der Waals surface area contributed by atoms with Crippen LogP contribution in [-0.2, 0) is 4.79 Å². The SMILES string of the molecule is CC(=O)c1cccc(-n2c(C)cc(C=C(C#N)C(=O)O)c2C)c1. The third-order valence-electron chi connectivity index (χ3n) is 3.63. The van der Waals surface area contributed by atoms with Crippen molar-refractivity contribution >= 4 is 17.8 Å². The first kappa shape index (κ1) is 16.2. The Morgan fingerprint density at radius 2 is 1.96 bits per heavy atom. The zero-order valence-electron chi connectivity index (χ0n) is 13.1. The molecular formula is C18H16N2O3. The number of nitrogens with zero attached hydrogens (tertiary/aromatic N) is 2. The number of Topliss-reactive ketones (excluding diaryl/α,β-unsaturated/α-hetero) is 1. The van der Waals surface area contributed by atoms with Gasteiger partial charge < -0.3 is 9.67 Å². The van der Waals surface area contributed by atoms with Crippen LogP contribution in [0, 0.1) is 25.2 Å². The van der Waals surface area contributed by atoms with Crippen molar-refractivity contribution in [1.29, 1.82) is 5.26 Å². The van der Waals surface area contributed by atoms with Crippen molar-refractivity contribution < 1.29 is 14.7 Å². The maximum Gasteiger partial charge on any atom is 0.346 e. The molecule has 1 N–H and O–H groups in total. The molecule has 0 fully saturated rings. The normalized spacial score (nSPS) is 11.1. The Hall–Kier alpha value is -3.13. The van der Waals surface area contributed by atoms with Gasteiger partial charge in [-0.15, -0.1) is 0 Å². The fraction of sp³-hybridized carbons (Fsp3) is 0.167. The van der Waals surface area contributed by atoms with Crippen LogP contribution in [0.5, 0.6) is 0 Å². The van der Waals surface area contributed by atoms with E-state index in [1.54, 1.807) is 24.3 Å². The Bertz CT molecular complexity index is 867. The smallest absolute Gasteiger partial charge is 0.346 e. The number of aliphatic carboxylic acids is 1. The van der Waals surface area contributed by atoms with Crippen LogP contribution in [0.2, 0.25) is 0 Å². The molecule has 0 aliphatic rings. The number of carbonyl (C=O) groups is 2. The van der Waals surface area contributed by atoms with Gasteiger partial charge in [0.2, 0.25) is 0 Å². The molecule has 1 aromatic carbocycles. The van der Waals surface area contributed by atoms with E-state index in [9.17, 15) is 9.59 Å². The second-order valence-corrected chi connectivity index (χ2v) is 5.24. The van der Waals surface area contributed by atoms with E-state index < -0.39 is 5.97 Å². The maximum atomic E-state index is 11.5. The quantitative estimate of drug-likeness (QED) is 0.533. The van der Waals surface area contributed by atoms with Gasteiger partial charge in [0.1, 0.15) is 11.6 Å². The molecular weight excluding hydrogens is 292 g/mol. The molecule has 0 aliphatic heterocycles. The largest absolute Gasteiger partial charge is 0.477 e. The molecule has 0 radical (unpaired) electrons. The minimum Gasteiger partial charge on any atom is -0.477 e. The number of hydrogen-bond donors (Lipinski definition) is 1. The second-order valence-electron chi connectivity index (χ2n) is 5.24. The molecule has 2 aromatic rings. The lowest BCUT2D eigenvalue weighted by molar-refractivity contribution is -0.132. The maximum absolute atomic E-state index is 11.5. The van der Waals surface area contributed by atoms with Crippen molar-refractivity contribution in [2.45, 2.75) is 20.8 Å². The fourth-order valence-corrected chi connectivity index (χ4v) is 2.49. The number of hydrogen-bond acceptors (Lipinski definition) is 3. The van der Waals surface area contributed by atoms with E-state index in [2.05, 4.69) is 0 Å². The number of rotatable bonds is 4. The van der Waals surface area contributed by atoms with Gasteiger partial charge >= 0.3 is 5.97 Å². The molecule has 0 saturated carbocycles. The summed E-state index contributed by atoms with van der Waals surface area (Å²) >= 11 is 0. The monoisotopic (exact) mass is 308 g/mol. The molecule has 0 saturated heterocycles. The van der Waals surface area contributed by atoms with Crippen molar-refractivity contribution in [2.24, 2.45) is 0 Å². The Morgan fingerprint density at radius 1 is 1.26 bits per heavy atom. The van der Waals surface area contributed by atoms with Crippen LogP contribution < -0.4 is 0 Å². The molecule has 1 heterocycles. The summed E-state index contributed by atoms with van der Waals surface area (Å²) in [5.41, 5.74) is 3.46. The van der Waals surface area contributed by atoms with Gasteiger partial charge in [-0.05, 0) is 50.6 Å². The Labute approximate surface area is 134 Å². The van der Waals surface area contributed by atoms with E-state index >= 15 is 0 Å².